The van der Waals surface area contributed by atoms with E-state index in [1.165, 1.54) is 0 Å². The highest BCUT2D eigenvalue weighted by atomic mass is 16.3. The molecule has 2 heterocycles. The van der Waals surface area contributed by atoms with Crippen LogP contribution < -0.4 is 10.2 Å². The fraction of sp³-hybridized carbons (Fsp3) is 0.571. The number of piperidine rings is 1. The third-order valence-electron chi connectivity index (χ3n) is 3.52. The molecule has 1 aliphatic heterocycles. The molecule has 0 bridgehead atoms. The molecular formula is C14H21N3O2. The van der Waals surface area contributed by atoms with Crippen molar-refractivity contribution in [3.05, 3.63) is 24.0 Å². The van der Waals surface area contributed by atoms with E-state index in [1.54, 1.807) is 6.20 Å². The lowest BCUT2D eigenvalue weighted by Gasteiger charge is -2.37. The van der Waals surface area contributed by atoms with Gasteiger partial charge in [0.1, 0.15) is 5.69 Å². The SMILES string of the molecule is CCNC(=O)c1cc(N2CCC(C)(O)CC2)ccn1. The summed E-state index contributed by atoms with van der Waals surface area (Å²) in [6, 6.07) is 3.72. The maximum atomic E-state index is 11.8. The standard InChI is InChI=1S/C14H21N3O2/c1-3-15-13(18)12-10-11(4-7-16-12)17-8-5-14(2,19)6-9-17/h4,7,10,19H,3,5-6,8-9H2,1-2H3,(H,15,18). The molecule has 1 aliphatic rings. The van der Waals surface area contributed by atoms with Gasteiger partial charge in [0.25, 0.3) is 5.91 Å². The van der Waals surface area contributed by atoms with Gasteiger partial charge in [-0.05, 0) is 38.8 Å². The van der Waals surface area contributed by atoms with Crippen molar-refractivity contribution < 1.29 is 9.90 Å². The average Bonchev–Trinajstić information content (AvgIpc) is 2.39. The Labute approximate surface area is 113 Å². The topological polar surface area (TPSA) is 65.5 Å². The normalized spacial score (nSPS) is 18.2. The van der Waals surface area contributed by atoms with E-state index in [1.807, 2.05) is 26.0 Å². The van der Waals surface area contributed by atoms with Crippen molar-refractivity contribution in [2.24, 2.45) is 0 Å². The van der Waals surface area contributed by atoms with E-state index in [2.05, 4.69) is 15.2 Å². The second-order valence-corrected chi connectivity index (χ2v) is 5.24. The maximum Gasteiger partial charge on any atom is 0.269 e. The van der Waals surface area contributed by atoms with Crippen LogP contribution in [0.15, 0.2) is 18.3 Å². The van der Waals surface area contributed by atoms with Crippen molar-refractivity contribution in [2.75, 3.05) is 24.5 Å². The predicted molar refractivity (Wildman–Crippen MR) is 74.3 cm³/mol. The lowest BCUT2D eigenvalue weighted by Crippen LogP contribution is -2.42. The van der Waals surface area contributed by atoms with Crippen molar-refractivity contribution in [3.8, 4) is 0 Å². The van der Waals surface area contributed by atoms with Crippen molar-refractivity contribution >= 4 is 11.6 Å². The first-order valence-corrected chi connectivity index (χ1v) is 6.73. The molecule has 1 aromatic heterocycles. The maximum absolute atomic E-state index is 11.8. The summed E-state index contributed by atoms with van der Waals surface area (Å²) in [5.74, 6) is -0.145. The molecular weight excluding hydrogens is 242 g/mol. The molecule has 0 unspecified atom stereocenters. The van der Waals surface area contributed by atoms with E-state index in [0.717, 1.165) is 31.6 Å². The number of rotatable bonds is 3. The molecule has 0 radical (unpaired) electrons. The number of anilines is 1. The van der Waals surface area contributed by atoms with Gasteiger partial charge in [-0.2, -0.15) is 0 Å². The van der Waals surface area contributed by atoms with Crippen LogP contribution in [0.25, 0.3) is 0 Å². The summed E-state index contributed by atoms with van der Waals surface area (Å²) in [7, 11) is 0. The first kappa shape index (κ1) is 13.8. The Morgan fingerprint density at radius 1 is 1.53 bits per heavy atom. The van der Waals surface area contributed by atoms with Gasteiger partial charge in [-0.1, -0.05) is 0 Å². The van der Waals surface area contributed by atoms with Gasteiger partial charge in [0.2, 0.25) is 0 Å². The van der Waals surface area contributed by atoms with E-state index in [4.69, 9.17) is 0 Å². The van der Waals surface area contributed by atoms with Gasteiger partial charge >= 0.3 is 0 Å². The summed E-state index contributed by atoms with van der Waals surface area (Å²) in [5.41, 5.74) is 0.870. The van der Waals surface area contributed by atoms with Gasteiger partial charge in [-0.15, -0.1) is 0 Å². The summed E-state index contributed by atoms with van der Waals surface area (Å²) < 4.78 is 0. The minimum Gasteiger partial charge on any atom is -0.390 e. The zero-order chi connectivity index (χ0) is 13.9. The summed E-state index contributed by atoms with van der Waals surface area (Å²) in [5, 5.41) is 12.7. The number of amides is 1. The molecule has 1 saturated heterocycles. The Morgan fingerprint density at radius 2 is 2.21 bits per heavy atom. The molecule has 1 amide bonds. The summed E-state index contributed by atoms with van der Waals surface area (Å²) in [4.78, 5) is 18.0. The molecule has 19 heavy (non-hydrogen) atoms. The monoisotopic (exact) mass is 263 g/mol. The number of pyridine rings is 1. The number of nitrogens with one attached hydrogen (secondary N) is 1. The van der Waals surface area contributed by atoms with Crippen LogP contribution in [0.3, 0.4) is 0 Å². The Hall–Kier alpha value is -1.62. The van der Waals surface area contributed by atoms with E-state index in [0.29, 0.717) is 12.2 Å². The first-order chi connectivity index (χ1) is 9.02. The van der Waals surface area contributed by atoms with Crippen LogP contribution in [0.2, 0.25) is 0 Å². The third kappa shape index (κ3) is 3.44. The highest BCUT2D eigenvalue weighted by Gasteiger charge is 2.27. The Balaban J connectivity index is 2.09. The largest absolute Gasteiger partial charge is 0.390 e. The molecule has 0 aliphatic carbocycles. The summed E-state index contributed by atoms with van der Waals surface area (Å²) in [6.45, 7) is 5.94. The van der Waals surface area contributed by atoms with E-state index < -0.39 is 5.60 Å². The van der Waals surface area contributed by atoms with Crippen LogP contribution in [-0.2, 0) is 0 Å². The smallest absolute Gasteiger partial charge is 0.269 e. The zero-order valence-corrected chi connectivity index (χ0v) is 11.5. The first-order valence-electron chi connectivity index (χ1n) is 6.73. The quantitative estimate of drug-likeness (QED) is 0.859. The number of aromatic nitrogens is 1. The Kier molecular flexibility index (Phi) is 4.04. The molecule has 0 aromatic carbocycles. The van der Waals surface area contributed by atoms with E-state index >= 15 is 0 Å². The molecule has 5 heteroatoms. The second-order valence-electron chi connectivity index (χ2n) is 5.24. The lowest BCUT2D eigenvalue weighted by atomic mass is 9.93. The minimum absolute atomic E-state index is 0.145. The van der Waals surface area contributed by atoms with Crippen LogP contribution in [0.4, 0.5) is 5.69 Å². The van der Waals surface area contributed by atoms with Crippen molar-refractivity contribution in [1.82, 2.24) is 10.3 Å². The van der Waals surface area contributed by atoms with Crippen molar-refractivity contribution in [2.45, 2.75) is 32.3 Å². The number of aliphatic hydroxyl groups is 1. The molecule has 0 atom stereocenters. The second kappa shape index (κ2) is 5.57. The molecule has 104 valence electrons. The number of hydrogen-bond acceptors (Lipinski definition) is 4. The Bertz CT molecular complexity index is 450. The van der Waals surface area contributed by atoms with E-state index in [-0.39, 0.29) is 5.91 Å². The van der Waals surface area contributed by atoms with Crippen LogP contribution in [-0.4, -0.2) is 41.2 Å². The van der Waals surface area contributed by atoms with Crippen LogP contribution in [0, 0.1) is 0 Å². The highest BCUT2D eigenvalue weighted by molar-refractivity contribution is 5.93. The number of nitrogens with zero attached hydrogens (tertiary/aromatic N) is 2. The van der Waals surface area contributed by atoms with Gasteiger partial charge < -0.3 is 15.3 Å². The molecule has 2 N–H and O–H groups in total. The van der Waals surface area contributed by atoms with Gasteiger partial charge in [0.05, 0.1) is 5.60 Å². The molecule has 1 aromatic rings. The van der Waals surface area contributed by atoms with Gasteiger partial charge in [0, 0.05) is 31.5 Å². The molecule has 1 fully saturated rings. The predicted octanol–water partition coefficient (Wildman–Crippen LogP) is 1.18. The number of hydrogen-bond donors (Lipinski definition) is 2. The Morgan fingerprint density at radius 3 is 2.84 bits per heavy atom. The highest BCUT2D eigenvalue weighted by Crippen LogP contribution is 2.25. The number of carbonyl (C=O) groups is 1. The molecule has 0 saturated carbocycles. The molecule has 2 rings (SSSR count). The average molecular weight is 263 g/mol. The fourth-order valence-corrected chi connectivity index (χ4v) is 2.24. The number of carbonyl (C=O) groups excluding carboxylic acids is 1. The van der Waals surface area contributed by atoms with Crippen LogP contribution in [0.5, 0.6) is 0 Å². The van der Waals surface area contributed by atoms with Crippen molar-refractivity contribution in [1.29, 1.82) is 0 Å². The minimum atomic E-state index is -0.564. The summed E-state index contributed by atoms with van der Waals surface area (Å²) in [6.07, 6.45) is 3.14. The lowest BCUT2D eigenvalue weighted by molar-refractivity contribution is 0.0351. The summed E-state index contributed by atoms with van der Waals surface area (Å²) >= 11 is 0. The van der Waals surface area contributed by atoms with Crippen LogP contribution >= 0.6 is 0 Å². The van der Waals surface area contributed by atoms with Gasteiger partial charge in [0.15, 0.2) is 0 Å². The van der Waals surface area contributed by atoms with Crippen LogP contribution in [0.1, 0.15) is 37.2 Å². The van der Waals surface area contributed by atoms with Gasteiger partial charge in [-0.25, -0.2) is 0 Å². The zero-order valence-electron chi connectivity index (χ0n) is 11.5. The molecule has 0 spiro atoms. The fourth-order valence-electron chi connectivity index (χ4n) is 2.24. The van der Waals surface area contributed by atoms with Crippen molar-refractivity contribution in [3.63, 3.8) is 0 Å². The van der Waals surface area contributed by atoms with E-state index in [9.17, 15) is 9.90 Å². The van der Waals surface area contributed by atoms with Gasteiger partial charge in [-0.3, -0.25) is 9.78 Å². The third-order valence-corrected chi connectivity index (χ3v) is 3.52. The molecule has 5 nitrogen and oxygen atoms in total.